The fraction of sp³-hybridized carbons (Fsp3) is 0.286. The smallest absolute Gasteiger partial charge is 0.338 e. The number of carbonyl (C=O) groups is 1. The minimum atomic E-state index is -1.27. The molecule has 0 saturated heterocycles. The van der Waals surface area contributed by atoms with Crippen molar-refractivity contribution in [1.29, 1.82) is 0 Å². The molecule has 0 spiro atoms. The van der Waals surface area contributed by atoms with Gasteiger partial charge in [-0.15, -0.1) is 0 Å². The second kappa shape index (κ2) is 5.83. The van der Waals surface area contributed by atoms with Crippen molar-refractivity contribution in [2.24, 2.45) is 0 Å². The third kappa shape index (κ3) is 3.21. The molecule has 1 heterocycles. The Kier molecular flexibility index (Phi) is 4.14. The Morgan fingerprint density at radius 3 is 2.85 bits per heavy atom. The lowest BCUT2D eigenvalue weighted by Crippen LogP contribution is -2.18. The van der Waals surface area contributed by atoms with E-state index in [0.29, 0.717) is 18.0 Å². The number of halogens is 1. The number of carboxylic acid groups (broad SMARTS) is 1. The summed E-state index contributed by atoms with van der Waals surface area (Å²) < 4.78 is 18.9. The van der Waals surface area contributed by atoms with Gasteiger partial charge < -0.3 is 14.8 Å². The Bertz CT molecular complexity index is 625. The molecular weight excluding hydrogens is 263 g/mol. The highest BCUT2D eigenvalue weighted by Crippen LogP contribution is 2.14. The number of rotatable bonds is 5. The molecule has 5 nitrogen and oxygen atoms in total. The number of hydrogen-bond acceptors (Lipinski definition) is 4. The van der Waals surface area contributed by atoms with E-state index in [1.165, 1.54) is 12.1 Å². The van der Waals surface area contributed by atoms with E-state index in [9.17, 15) is 9.18 Å². The summed E-state index contributed by atoms with van der Waals surface area (Å²) in [4.78, 5) is 14.8. The van der Waals surface area contributed by atoms with E-state index < -0.39 is 11.8 Å². The number of carboxylic acids is 1. The molecular formula is C14H15FN2O3. The van der Waals surface area contributed by atoms with Gasteiger partial charge in [0.05, 0.1) is 17.8 Å². The van der Waals surface area contributed by atoms with E-state index in [2.05, 4.69) is 10.3 Å². The molecule has 0 radical (unpaired) electrons. The van der Waals surface area contributed by atoms with Gasteiger partial charge in [-0.3, -0.25) is 0 Å². The van der Waals surface area contributed by atoms with Crippen LogP contribution in [0.25, 0.3) is 0 Å². The van der Waals surface area contributed by atoms with Crippen molar-refractivity contribution in [3.8, 4) is 0 Å². The lowest BCUT2D eigenvalue weighted by molar-refractivity contribution is 0.0692. The fourth-order valence-corrected chi connectivity index (χ4v) is 1.77. The number of nitrogens with zero attached hydrogens (tertiary/aromatic N) is 1. The Balaban J connectivity index is 2.00. The summed E-state index contributed by atoms with van der Waals surface area (Å²) in [5.41, 5.74) is 0.327. The van der Waals surface area contributed by atoms with Crippen molar-refractivity contribution in [2.75, 3.05) is 0 Å². The van der Waals surface area contributed by atoms with Crippen LogP contribution in [0.2, 0.25) is 0 Å². The molecule has 6 heteroatoms. The third-order valence-electron chi connectivity index (χ3n) is 2.89. The van der Waals surface area contributed by atoms with Gasteiger partial charge in [-0.2, -0.15) is 0 Å². The highest BCUT2D eigenvalue weighted by molar-refractivity contribution is 5.87. The molecule has 0 bridgehead atoms. The summed E-state index contributed by atoms with van der Waals surface area (Å²) in [6.07, 6.45) is 1.63. The molecule has 20 heavy (non-hydrogen) atoms. The van der Waals surface area contributed by atoms with Crippen molar-refractivity contribution in [1.82, 2.24) is 10.3 Å². The summed E-state index contributed by atoms with van der Waals surface area (Å²) in [5, 5.41) is 11.9. The topological polar surface area (TPSA) is 75.4 Å². The lowest BCUT2D eigenvalue weighted by atomic mass is 10.1. The zero-order chi connectivity index (χ0) is 14.7. The van der Waals surface area contributed by atoms with E-state index >= 15 is 0 Å². The van der Waals surface area contributed by atoms with Gasteiger partial charge in [-0.05, 0) is 31.5 Å². The van der Waals surface area contributed by atoms with Crippen molar-refractivity contribution >= 4 is 5.97 Å². The van der Waals surface area contributed by atoms with E-state index in [1.807, 2.05) is 13.8 Å². The second-order valence-corrected chi connectivity index (χ2v) is 4.53. The molecule has 1 aromatic carbocycles. The molecule has 2 N–H and O–H groups in total. The van der Waals surface area contributed by atoms with Crippen LogP contribution in [0.15, 0.2) is 28.8 Å². The second-order valence-electron chi connectivity index (χ2n) is 4.53. The lowest BCUT2D eigenvalue weighted by Gasteiger charge is -2.10. The molecule has 1 atom stereocenters. The zero-order valence-electron chi connectivity index (χ0n) is 11.2. The number of hydrogen-bond donors (Lipinski definition) is 2. The Morgan fingerprint density at radius 2 is 2.30 bits per heavy atom. The van der Waals surface area contributed by atoms with Crippen LogP contribution in [-0.2, 0) is 6.54 Å². The van der Waals surface area contributed by atoms with E-state index in [0.717, 1.165) is 5.76 Å². The zero-order valence-corrected chi connectivity index (χ0v) is 11.2. The average molecular weight is 278 g/mol. The van der Waals surface area contributed by atoms with Gasteiger partial charge >= 0.3 is 5.97 Å². The maximum Gasteiger partial charge on any atom is 0.338 e. The fourth-order valence-electron chi connectivity index (χ4n) is 1.77. The monoisotopic (exact) mass is 278 g/mol. The van der Waals surface area contributed by atoms with Gasteiger partial charge in [0, 0.05) is 6.54 Å². The SMILES string of the molecule is Cc1cnc(C(C)NCc2ccc(C(=O)O)c(F)c2)o1. The molecule has 0 fully saturated rings. The summed E-state index contributed by atoms with van der Waals surface area (Å²) >= 11 is 0. The number of aryl methyl sites for hydroxylation is 1. The first-order valence-corrected chi connectivity index (χ1v) is 6.15. The maximum absolute atomic E-state index is 13.5. The summed E-state index contributed by atoms with van der Waals surface area (Å²) in [5.74, 6) is -0.724. The molecule has 106 valence electrons. The summed E-state index contributed by atoms with van der Waals surface area (Å²) in [6, 6.07) is 3.93. The van der Waals surface area contributed by atoms with Crippen LogP contribution < -0.4 is 5.32 Å². The van der Waals surface area contributed by atoms with Crippen LogP contribution in [0.3, 0.4) is 0 Å². The standard InChI is InChI=1S/C14H15FN2O3/c1-8-6-17-13(20-8)9(2)16-7-10-3-4-11(14(18)19)12(15)5-10/h3-6,9,16H,7H2,1-2H3,(H,18,19). The summed E-state index contributed by atoms with van der Waals surface area (Å²) in [6.45, 7) is 4.08. The molecule has 2 rings (SSSR count). The third-order valence-corrected chi connectivity index (χ3v) is 2.89. The van der Waals surface area contributed by atoms with Gasteiger partial charge in [0.15, 0.2) is 0 Å². The Morgan fingerprint density at radius 1 is 1.55 bits per heavy atom. The van der Waals surface area contributed by atoms with Crippen LogP contribution in [0, 0.1) is 12.7 Å². The Labute approximate surface area is 115 Å². The van der Waals surface area contributed by atoms with Crippen molar-refractivity contribution < 1.29 is 18.7 Å². The molecule has 0 aliphatic carbocycles. The molecule has 0 aliphatic heterocycles. The predicted molar refractivity (Wildman–Crippen MR) is 69.9 cm³/mol. The van der Waals surface area contributed by atoms with Gasteiger partial charge in [0.2, 0.25) is 5.89 Å². The van der Waals surface area contributed by atoms with E-state index in [4.69, 9.17) is 9.52 Å². The Hall–Kier alpha value is -2.21. The van der Waals surface area contributed by atoms with Crippen LogP contribution in [-0.4, -0.2) is 16.1 Å². The van der Waals surface area contributed by atoms with Gasteiger partial charge in [-0.25, -0.2) is 14.2 Å². The molecule has 1 aromatic heterocycles. The number of oxazole rings is 1. The summed E-state index contributed by atoms with van der Waals surface area (Å²) in [7, 11) is 0. The van der Waals surface area contributed by atoms with Crippen molar-refractivity contribution in [3.63, 3.8) is 0 Å². The molecule has 0 amide bonds. The van der Waals surface area contributed by atoms with Crippen molar-refractivity contribution in [3.05, 3.63) is 53.0 Å². The van der Waals surface area contributed by atoms with Crippen LogP contribution in [0.5, 0.6) is 0 Å². The van der Waals surface area contributed by atoms with E-state index in [1.54, 1.807) is 12.3 Å². The van der Waals surface area contributed by atoms with Crippen molar-refractivity contribution in [2.45, 2.75) is 26.4 Å². The number of aromatic carboxylic acids is 1. The van der Waals surface area contributed by atoms with Crippen LogP contribution >= 0.6 is 0 Å². The number of nitrogens with one attached hydrogen (secondary N) is 1. The van der Waals surface area contributed by atoms with Gasteiger partial charge in [0.1, 0.15) is 11.6 Å². The molecule has 1 unspecified atom stereocenters. The minimum absolute atomic E-state index is 0.120. The predicted octanol–water partition coefficient (Wildman–Crippen LogP) is 2.67. The van der Waals surface area contributed by atoms with E-state index in [-0.39, 0.29) is 11.6 Å². The highest BCUT2D eigenvalue weighted by atomic mass is 19.1. The number of benzene rings is 1. The quantitative estimate of drug-likeness (QED) is 0.879. The minimum Gasteiger partial charge on any atom is -0.478 e. The molecule has 0 aliphatic rings. The number of aromatic nitrogens is 1. The maximum atomic E-state index is 13.5. The van der Waals surface area contributed by atoms with Gasteiger partial charge in [-0.1, -0.05) is 6.07 Å². The van der Waals surface area contributed by atoms with Crippen LogP contribution in [0.4, 0.5) is 4.39 Å². The normalized spacial score (nSPS) is 12.3. The first-order valence-electron chi connectivity index (χ1n) is 6.15. The average Bonchev–Trinajstić information content (AvgIpc) is 2.82. The highest BCUT2D eigenvalue weighted by Gasteiger charge is 2.13. The largest absolute Gasteiger partial charge is 0.478 e. The first kappa shape index (κ1) is 14.2. The molecule has 2 aromatic rings. The first-order chi connectivity index (χ1) is 9.47. The van der Waals surface area contributed by atoms with Crippen LogP contribution in [0.1, 0.15) is 40.5 Å². The van der Waals surface area contributed by atoms with Gasteiger partial charge in [0.25, 0.3) is 0 Å². The molecule has 0 saturated carbocycles.